The molecule has 0 aliphatic rings. The minimum atomic E-state index is -1.30. The molecule has 0 spiro atoms. The van der Waals surface area contributed by atoms with Gasteiger partial charge in [0.15, 0.2) is 0 Å². The van der Waals surface area contributed by atoms with E-state index in [1.807, 2.05) is 0 Å². The molecule has 0 N–H and O–H groups in total. The molecule has 2 aromatic carbocycles. The Balaban J connectivity index is 1.55. The van der Waals surface area contributed by atoms with Crippen LogP contribution in [0.25, 0.3) is 0 Å². The second-order valence-corrected chi connectivity index (χ2v) is 13.2. The predicted octanol–water partition coefficient (Wildman–Crippen LogP) is 7.24. The lowest BCUT2D eigenvalue weighted by Crippen LogP contribution is -2.16. The molecule has 0 heterocycles. The lowest BCUT2D eigenvalue weighted by Gasteiger charge is -2.03. The summed E-state index contributed by atoms with van der Waals surface area (Å²) < 4.78 is 0. The van der Waals surface area contributed by atoms with Crippen LogP contribution in [0.5, 0.6) is 0 Å². The van der Waals surface area contributed by atoms with Crippen molar-refractivity contribution in [2.24, 2.45) is 0 Å². The molecule has 0 unspecified atom stereocenters. The third-order valence-electron chi connectivity index (χ3n) is 4.56. The average molecular weight is 387 g/mol. The van der Waals surface area contributed by atoms with E-state index >= 15 is 0 Å². The molecular formula is C27H34Si. The van der Waals surface area contributed by atoms with Crippen molar-refractivity contribution in [1.82, 2.24) is 0 Å². The Morgan fingerprint density at radius 2 is 1.21 bits per heavy atom. The van der Waals surface area contributed by atoms with Crippen LogP contribution in [0.4, 0.5) is 0 Å². The average Bonchev–Trinajstić information content (AvgIpc) is 2.69. The van der Waals surface area contributed by atoms with Gasteiger partial charge in [0.25, 0.3) is 0 Å². The van der Waals surface area contributed by atoms with Gasteiger partial charge in [-0.2, -0.15) is 0 Å². The van der Waals surface area contributed by atoms with Crippen molar-refractivity contribution in [3.8, 4) is 23.3 Å². The minimum Gasteiger partial charge on any atom is -0.127 e. The molecule has 0 nitrogen and oxygen atoms in total. The van der Waals surface area contributed by atoms with Crippen LogP contribution >= 0.6 is 0 Å². The van der Waals surface area contributed by atoms with E-state index in [0.29, 0.717) is 0 Å². The van der Waals surface area contributed by atoms with Gasteiger partial charge in [0.05, 0.1) is 0 Å². The Labute approximate surface area is 173 Å². The van der Waals surface area contributed by atoms with Crippen LogP contribution < -0.4 is 0 Å². The molecule has 2 aromatic rings. The van der Waals surface area contributed by atoms with Crippen molar-refractivity contribution in [3.05, 3.63) is 71.3 Å². The standard InChI is InChI=1S/C27H34Si/c1-28(2,3)24-23-27-21-19-26(20-22-27)18-12-9-7-5-4-6-8-11-15-25-16-13-10-14-17-25/h10,13-14,16-17,19-22H,4-9,11,15H2,1-3H3. The second-order valence-electron chi connectivity index (χ2n) is 8.49. The van der Waals surface area contributed by atoms with Crippen LogP contribution in [-0.2, 0) is 6.42 Å². The Hall–Kier alpha value is -2.22. The van der Waals surface area contributed by atoms with Crippen molar-refractivity contribution < 1.29 is 0 Å². The van der Waals surface area contributed by atoms with E-state index in [1.165, 1.54) is 50.5 Å². The summed E-state index contributed by atoms with van der Waals surface area (Å²) in [6.07, 6.45) is 10.1. The summed E-state index contributed by atoms with van der Waals surface area (Å²) in [4.78, 5) is 0. The molecule has 0 bridgehead atoms. The van der Waals surface area contributed by atoms with E-state index in [-0.39, 0.29) is 0 Å². The van der Waals surface area contributed by atoms with Gasteiger partial charge >= 0.3 is 0 Å². The fourth-order valence-corrected chi connectivity index (χ4v) is 3.47. The molecule has 0 fully saturated rings. The molecule has 0 radical (unpaired) electrons. The molecule has 0 saturated heterocycles. The molecule has 0 aromatic heterocycles. The summed E-state index contributed by atoms with van der Waals surface area (Å²) in [6.45, 7) is 6.81. The quantitative estimate of drug-likeness (QED) is 0.255. The zero-order valence-electron chi connectivity index (χ0n) is 17.9. The first kappa shape index (κ1) is 22.1. The molecule has 146 valence electrons. The summed E-state index contributed by atoms with van der Waals surface area (Å²) in [5.74, 6) is 9.90. The Morgan fingerprint density at radius 1 is 0.643 bits per heavy atom. The van der Waals surface area contributed by atoms with Crippen LogP contribution in [0.1, 0.15) is 61.6 Å². The van der Waals surface area contributed by atoms with Gasteiger partial charge in [-0.25, -0.2) is 0 Å². The number of hydrogen-bond acceptors (Lipinski definition) is 0. The normalized spacial score (nSPS) is 10.5. The third-order valence-corrected chi connectivity index (χ3v) is 5.43. The molecule has 0 atom stereocenters. The van der Waals surface area contributed by atoms with Gasteiger partial charge in [-0.05, 0) is 49.1 Å². The molecule has 2 rings (SSSR count). The van der Waals surface area contributed by atoms with E-state index < -0.39 is 8.07 Å². The first-order chi connectivity index (χ1) is 13.5. The van der Waals surface area contributed by atoms with Crippen LogP contribution in [-0.4, -0.2) is 8.07 Å². The summed E-state index contributed by atoms with van der Waals surface area (Å²) in [6, 6.07) is 19.2. The lowest BCUT2D eigenvalue weighted by atomic mass is 10.0. The Kier molecular flexibility index (Phi) is 9.68. The first-order valence-electron chi connectivity index (χ1n) is 10.7. The van der Waals surface area contributed by atoms with E-state index in [1.54, 1.807) is 0 Å². The summed E-state index contributed by atoms with van der Waals surface area (Å²) in [5, 5.41) is 0. The number of aryl methyl sites for hydroxylation is 1. The number of benzene rings is 2. The summed E-state index contributed by atoms with van der Waals surface area (Å²) >= 11 is 0. The van der Waals surface area contributed by atoms with E-state index in [2.05, 4.69) is 97.5 Å². The van der Waals surface area contributed by atoms with Gasteiger partial charge < -0.3 is 0 Å². The van der Waals surface area contributed by atoms with Crippen LogP contribution in [0, 0.1) is 23.3 Å². The molecule has 1 heteroatoms. The Bertz CT molecular complexity index is 802. The van der Waals surface area contributed by atoms with Gasteiger partial charge in [0.2, 0.25) is 0 Å². The van der Waals surface area contributed by atoms with Crippen molar-refractivity contribution in [1.29, 1.82) is 0 Å². The maximum atomic E-state index is 3.40. The summed E-state index contributed by atoms with van der Waals surface area (Å²) in [7, 11) is -1.30. The maximum Gasteiger partial charge on any atom is 0.129 e. The van der Waals surface area contributed by atoms with Crippen molar-refractivity contribution in [2.75, 3.05) is 0 Å². The van der Waals surface area contributed by atoms with Gasteiger partial charge in [-0.15, -0.1) is 5.54 Å². The SMILES string of the molecule is C[Si](C)(C)C#Cc1ccc(C#CCCCCCCCCc2ccccc2)cc1. The van der Waals surface area contributed by atoms with Gasteiger partial charge in [0, 0.05) is 17.5 Å². The first-order valence-corrected chi connectivity index (χ1v) is 14.2. The highest BCUT2D eigenvalue weighted by atomic mass is 28.3. The van der Waals surface area contributed by atoms with Crippen molar-refractivity contribution in [3.63, 3.8) is 0 Å². The van der Waals surface area contributed by atoms with Crippen LogP contribution in [0.15, 0.2) is 54.6 Å². The van der Waals surface area contributed by atoms with E-state index in [0.717, 1.165) is 17.5 Å². The van der Waals surface area contributed by atoms with Gasteiger partial charge in [0.1, 0.15) is 8.07 Å². The predicted molar refractivity (Wildman–Crippen MR) is 126 cm³/mol. The smallest absolute Gasteiger partial charge is 0.127 e. The lowest BCUT2D eigenvalue weighted by molar-refractivity contribution is 0.599. The molecule has 28 heavy (non-hydrogen) atoms. The second kappa shape index (κ2) is 12.3. The molecule has 0 amide bonds. The fraction of sp³-hybridized carbons (Fsp3) is 0.407. The highest BCUT2D eigenvalue weighted by Crippen LogP contribution is 2.10. The van der Waals surface area contributed by atoms with E-state index in [4.69, 9.17) is 0 Å². The van der Waals surface area contributed by atoms with Crippen molar-refractivity contribution >= 4 is 8.07 Å². The maximum absolute atomic E-state index is 3.40. The van der Waals surface area contributed by atoms with Crippen molar-refractivity contribution in [2.45, 2.75) is 71.0 Å². The molecule has 0 aliphatic carbocycles. The topological polar surface area (TPSA) is 0 Å². The molecular weight excluding hydrogens is 352 g/mol. The third kappa shape index (κ3) is 10.2. The monoisotopic (exact) mass is 386 g/mol. The van der Waals surface area contributed by atoms with Gasteiger partial charge in [-0.1, -0.05) is 93.4 Å². The molecule has 0 aliphatic heterocycles. The highest BCUT2D eigenvalue weighted by molar-refractivity contribution is 6.83. The zero-order valence-corrected chi connectivity index (χ0v) is 18.9. The van der Waals surface area contributed by atoms with E-state index in [9.17, 15) is 0 Å². The number of unbranched alkanes of at least 4 members (excludes halogenated alkanes) is 6. The van der Waals surface area contributed by atoms with Crippen LogP contribution in [0.2, 0.25) is 19.6 Å². The zero-order chi connectivity index (χ0) is 20.1. The minimum absolute atomic E-state index is 1.00. The number of rotatable bonds is 8. The van der Waals surface area contributed by atoms with Gasteiger partial charge in [-0.3, -0.25) is 0 Å². The number of hydrogen-bond donors (Lipinski definition) is 0. The molecule has 0 saturated carbocycles. The van der Waals surface area contributed by atoms with Crippen LogP contribution in [0.3, 0.4) is 0 Å². The highest BCUT2D eigenvalue weighted by Gasteiger charge is 2.07. The Morgan fingerprint density at radius 3 is 1.86 bits per heavy atom. The summed E-state index contributed by atoms with van der Waals surface area (Å²) in [5.41, 5.74) is 7.06. The fourth-order valence-electron chi connectivity index (χ4n) is 2.96. The largest absolute Gasteiger partial charge is 0.129 e.